The monoisotopic (exact) mass is 365 g/mol. The molecular formula is C15H9BrFNO4. The summed E-state index contributed by atoms with van der Waals surface area (Å²) >= 11 is 3.17. The number of aromatic nitrogens is 1. The highest BCUT2D eigenvalue weighted by atomic mass is 79.9. The van der Waals surface area contributed by atoms with E-state index in [1.807, 2.05) is 0 Å². The van der Waals surface area contributed by atoms with Crippen molar-refractivity contribution in [2.24, 2.45) is 0 Å². The highest BCUT2D eigenvalue weighted by Crippen LogP contribution is 2.29. The summed E-state index contributed by atoms with van der Waals surface area (Å²) in [6.45, 7) is 0. The van der Waals surface area contributed by atoms with Crippen LogP contribution in [0.25, 0.3) is 22.4 Å². The van der Waals surface area contributed by atoms with Gasteiger partial charge in [-0.05, 0) is 24.3 Å². The van der Waals surface area contributed by atoms with Gasteiger partial charge in [0.25, 0.3) is 5.52 Å². The Labute approximate surface area is 132 Å². The molecule has 0 amide bonds. The number of halogens is 2. The van der Waals surface area contributed by atoms with Crippen LogP contribution >= 0.6 is 15.9 Å². The first-order valence-electron chi connectivity index (χ1n) is 6.21. The molecule has 0 aliphatic heterocycles. The topological polar surface area (TPSA) is 66.4 Å². The fourth-order valence-electron chi connectivity index (χ4n) is 2.10. The lowest BCUT2D eigenvalue weighted by Gasteiger charge is -2.02. The lowest BCUT2D eigenvalue weighted by Crippen LogP contribution is -2.35. The number of esters is 1. The predicted molar refractivity (Wildman–Crippen MR) is 79.6 cm³/mol. The molecule has 0 radical (unpaired) electrons. The Bertz CT molecular complexity index is 891. The second kappa shape index (κ2) is 5.42. The number of benzene rings is 1. The second-order valence-electron chi connectivity index (χ2n) is 4.49. The summed E-state index contributed by atoms with van der Waals surface area (Å²) in [4.78, 5) is 11.5. The molecule has 7 heteroatoms. The van der Waals surface area contributed by atoms with Crippen LogP contribution in [0.4, 0.5) is 4.39 Å². The third-order valence-electron chi connectivity index (χ3n) is 3.16. The highest BCUT2D eigenvalue weighted by molar-refractivity contribution is 9.10. The first kappa shape index (κ1) is 14.5. The zero-order valence-electron chi connectivity index (χ0n) is 11.3. The van der Waals surface area contributed by atoms with Crippen LogP contribution in [0, 0.1) is 11.0 Å². The maximum Gasteiger partial charge on any atom is 0.404 e. The molecular weight excluding hydrogens is 357 g/mol. The van der Waals surface area contributed by atoms with E-state index in [9.17, 15) is 14.4 Å². The van der Waals surface area contributed by atoms with Crippen molar-refractivity contribution in [1.29, 1.82) is 0 Å². The number of rotatable bonds is 2. The van der Waals surface area contributed by atoms with Gasteiger partial charge in [-0.15, -0.1) is 0 Å². The summed E-state index contributed by atoms with van der Waals surface area (Å²) in [5, 5.41) is 12.2. The number of furan rings is 1. The van der Waals surface area contributed by atoms with E-state index in [1.165, 1.54) is 37.4 Å². The number of carbonyl (C=O) groups excluding carboxylic acids is 1. The Morgan fingerprint density at radius 1 is 1.32 bits per heavy atom. The van der Waals surface area contributed by atoms with Crippen molar-refractivity contribution < 1.29 is 23.1 Å². The molecule has 3 rings (SSSR count). The molecule has 5 nitrogen and oxygen atoms in total. The Hall–Kier alpha value is -2.41. The van der Waals surface area contributed by atoms with Crippen molar-refractivity contribution in [2.45, 2.75) is 0 Å². The van der Waals surface area contributed by atoms with Gasteiger partial charge < -0.3 is 14.4 Å². The van der Waals surface area contributed by atoms with Crippen LogP contribution in [0.15, 0.2) is 45.3 Å². The van der Waals surface area contributed by atoms with Crippen LogP contribution in [-0.2, 0) is 4.74 Å². The smallest absolute Gasteiger partial charge is 0.404 e. The van der Waals surface area contributed by atoms with Gasteiger partial charge in [0.05, 0.1) is 18.7 Å². The predicted octanol–water partition coefficient (Wildman–Crippen LogP) is 3.42. The minimum atomic E-state index is -0.755. The van der Waals surface area contributed by atoms with Crippen molar-refractivity contribution in [1.82, 2.24) is 0 Å². The highest BCUT2D eigenvalue weighted by Gasteiger charge is 2.22. The second-order valence-corrected chi connectivity index (χ2v) is 5.40. The van der Waals surface area contributed by atoms with Crippen molar-refractivity contribution in [3.63, 3.8) is 0 Å². The minimum absolute atomic E-state index is 0.125. The van der Waals surface area contributed by atoms with E-state index in [2.05, 4.69) is 20.7 Å². The molecule has 22 heavy (non-hydrogen) atoms. The Morgan fingerprint density at radius 3 is 2.77 bits per heavy atom. The third-order valence-corrected chi connectivity index (χ3v) is 3.65. The average Bonchev–Trinajstić information content (AvgIpc) is 2.91. The van der Waals surface area contributed by atoms with E-state index < -0.39 is 11.8 Å². The Morgan fingerprint density at radius 2 is 2.09 bits per heavy atom. The Balaban J connectivity index is 2.18. The van der Waals surface area contributed by atoms with Crippen molar-refractivity contribution in [3.8, 4) is 11.3 Å². The van der Waals surface area contributed by atoms with Crippen LogP contribution in [0.5, 0.6) is 0 Å². The molecule has 112 valence electrons. The SMILES string of the molecule is COC(=O)c1ccc2oc(-c3ccc(Br)cc3F)cc2[n+]1[O-]. The molecule has 0 spiro atoms. The molecule has 3 aromatic rings. The quantitative estimate of drug-likeness (QED) is 0.396. The fraction of sp³-hybridized carbons (Fsp3) is 0.0667. The number of methoxy groups -OCH3 is 1. The summed E-state index contributed by atoms with van der Waals surface area (Å²) in [7, 11) is 1.19. The van der Waals surface area contributed by atoms with Gasteiger partial charge in [0.2, 0.25) is 0 Å². The number of nitrogens with zero attached hydrogens (tertiary/aromatic N) is 1. The molecule has 0 fully saturated rings. The largest absolute Gasteiger partial charge is 0.618 e. The van der Waals surface area contributed by atoms with Gasteiger partial charge in [-0.1, -0.05) is 15.9 Å². The van der Waals surface area contributed by atoms with Crippen molar-refractivity contribution in [3.05, 3.63) is 57.6 Å². The maximum atomic E-state index is 14.0. The molecule has 2 heterocycles. The molecule has 0 aliphatic carbocycles. The summed E-state index contributed by atoms with van der Waals surface area (Å²) in [5.41, 5.74) is 0.429. The van der Waals surface area contributed by atoms with Gasteiger partial charge >= 0.3 is 11.7 Å². The van der Waals surface area contributed by atoms with Gasteiger partial charge in [-0.2, -0.15) is 4.73 Å². The van der Waals surface area contributed by atoms with Crippen LogP contribution in [0.3, 0.4) is 0 Å². The zero-order valence-corrected chi connectivity index (χ0v) is 12.9. The first-order valence-corrected chi connectivity index (χ1v) is 7.00. The van der Waals surface area contributed by atoms with Gasteiger partial charge in [0.1, 0.15) is 11.6 Å². The van der Waals surface area contributed by atoms with Crippen molar-refractivity contribution >= 4 is 33.0 Å². The molecule has 0 N–H and O–H groups in total. The van der Waals surface area contributed by atoms with Crippen LogP contribution in [0.2, 0.25) is 0 Å². The first-order chi connectivity index (χ1) is 10.5. The molecule has 2 aromatic heterocycles. The van der Waals surface area contributed by atoms with Crippen LogP contribution in [-0.4, -0.2) is 13.1 Å². The third kappa shape index (κ3) is 2.33. The van der Waals surface area contributed by atoms with E-state index >= 15 is 0 Å². The molecule has 0 aliphatic rings. The average molecular weight is 366 g/mol. The summed E-state index contributed by atoms with van der Waals surface area (Å²) in [6, 6.07) is 8.65. The lowest BCUT2D eigenvalue weighted by atomic mass is 10.1. The van der Waals surface area contributed by atoms with Crippen LogP contribution < -0.4 is 4.73 Å². The van der Waals surface area contributed by atoms with E-state index in [4.69, 9.17) is 4.42 Å². The van der Waals surface area contributed by atoms with Gasteiger partial charge in [0, 0.05) is 10.5 Å². The molecule has 0 saturated carbocycles. The number of fused-ring (bicyclic) bond motifs is 1. The Kier molecular flexibility index (Phi) is 3.58. The number of ether oxygens (including phenoxy) is 1. The van der Waals surface area contributed by atoms with Gasteiger partial charge in [-0.25, -0.2) is 9.18 Å². The van der Waals surface area contributed by atoms with Gasteiger partial charge in [0.15, 0.2) is 5.58 Å². The summed E-state index contributed by atoms with van der Waals surface area (Å²) < 4.78 is 25.0. The molecule has 0 atom stereocenters. The zero-order chi connectivity index (χ0) is 15.9. The molecule has 0 saturated heterocycles. The standard InChI is InChI=1S/C15H9BrFNO4/c1-21-15(19)11-4-5-13-12(18(11)20)7-14(22-13)9-3-2-8(16)6-10(9)17/h2-7H,1H3. The van der Waals surface area contributed by atoms with E-state index in [-0.39, 0.29) is 28.1 Å². The number of hydrogen-bond donors (Lipinski definition) is 0. The molecule has 0 bridgehead atoms. The summed E-state index contributed by atoms with van der Waals surface area (Å²) in [5.74, 6) is -1.04. The van der Waals surface area contributed by atoms with Gasteiger partial charge in [-0.3, -0.25) is 0 Å². The van der Waals surface area contributed by atoms with E-state index in [1.54, 1.807) is 6.07 Å². The lowest BCUT2D eigenvalue weighted by molar-refractivity contribution is -0.580. The van der Waals surface area contributed by atoms with E-state index in [0.717, 1.165) is 0 Å². The van der Waals surface area contributed by atoms with Crippen molar-refractivity contribution in [2.75, 3.05) is 7.11 Å². The number of carbonyl (C=O) groups is 1. The summed E-state index contributed by atoms with van der Waals surface area (Å²) in [6.07, 6.45) is 0. The number of hydrogen-bond acceptors (Lipinski definition) is 4. The normalized spacial score (nSPS) is 10.9. The number of pyridine rings is 1. The van der Waals surface area contributed by atoms with E-state index in [0.29, 0.717) is 9.20 Å². The van der Waals surface area contributed by atoms with Crippen LogP contribution in [0.1, 0.15) is 10.5 Å². The molecule has 1 aromatic carbocycles. The minimum Gasteiger partial charge on any atom is -0.618 e. The maximum absolute atomic E-state index is 14.0. The molecule has 0 unspecified atom stereocenters. The fourth-order valence-corrected chi connectivity index (χ4v) is 2.44.